The van der Waals surface area contributed by atoms with Crippen LogP contribution < -0.4 is 0 Å². The van der Waals surface area contributed by atoms with Crippen molar-refractivity contribution in [3.05, 3.63) is 0 Å². The second-order valence-electron chi connectivity index (χ2n) is 5.24. The molecule has 0 radical (unpaired) electrons. The van der Waals surface area contributed by atoms with Crippen molar-refractivity contribution in [1.82, 2.24) is 0 Å². The van der Waals surface area contributed by atoms with Crippen LogP contribution in [0.25, 0.3) is 0 Å². The maximum absolute atomic E-state index is 11.4. The van der Waals surface area contributed by atoms with Crippen LogP contribution in [-0.2, 0) is 9.53 Å². The normalized spacial score (nSPS) is 37.8. The van der Waals surface area contributed by atoms with Crippen LogP contribution >= 0.6 is 0 Å². The molecule has 0 aromatic heterocycles. The molecule has 0 bridgehead atoms. The van der Waals surface area contributed by atoms with E-state index in [4.69, 9.17) is 4.74 Å². The molecule has 1 aliphatic heterocycles. The van der Waals surface area contributed by atoms with Gasteiger partial charge in [0.2, 0.25) is 0 Å². The molecule has 1 saturated carbocycles. The number of hydrogen-bond acceptors (Lipinski definition) is 2. The summed E-state index contributed by atoms with van der Waals surface area (Å²) in [6.07, 6.45) is 4.62. The topological polar surface area (TPSA) is 26.3 Å². The average Bonchev–Trinajstić information content (AvgIpc) is 2.32. The van der Waals surface area contributed by atoms with Crippen LogP contribution in [0.5, 0.6) is 0 Å². The van der Waals surface area contributed by atoms with Gasteiger partial charge in [-0.05, 0) is 31.1 Å². The van der Waals surface area contributed by atoms with Crippen LogP contribution in [-0.4, -0.2) is 12.6 Å². The molecule has 2 nitrogen and oxygen atoms in total. The van der Waals surface area contributed by atoms with E-state index < -0.39 is 0 Å². The van der Waals surface area contributed by atoms with Gasteiger partial charge in [0.15, 0.2) is 0 Å². The van der Waals surface area contributed by atoms with Crippen molar-refractivity contribution in [2.45, 2.75) is 39.5 Å². The van der Waals surface area contributed by atoms with Crippen molar-refractivity contribution in [3.63, 3.8) is 0 Å². The van der Waals surface area contributed by atoms with Crippen LogP contribution in [0.2, 0.25) is 0 Å². The second-order valence-corrected chi connectivity index (χ2v) is 5.24. The quantitative estimate of drug-likeness (QED) is 0.538. The molecule has 2 fully saturated rings. The van der Waals surface area contributed by atoms with Crippen LogP contribution in [0.1, 0.15) is 39.5 Å². The molecule has 2 atom stereocenters. The number of cyclic esters (lactones) is 1. The fourth-order valence-corrected chi connectivity index (χ4v) is 2.49. The van der Waals surface area contributed by atoms with Gasteiger partial charge in [-0.3, -0.25) is 4.79 Å². The number of rotatable bonds is 0. The molecule has 0 aromatic carbocycles. The first-order valence-electron chi connectivity index (χ1n) is 5.25. The Bertz CT molecular complexity index is 220. The summed E-state index contributed by atoms with van der Waals surface area (Å²) in [5.74, 6) is 0.804. The number of fused-ring (bicyclic) bond motifs is 1. The summed E-state index contributed by atoms with van der Waals surface area (Å²) in [6, 6.07) is 0. The van der Waals surface area contributed by atoms with Gasteiger partial charge in [-0.1, -0.05) is 13.8 Å². The zero-order valence-electron chi connectivity index (χ0n) is 8.51. The maximum Gasteiger partial charge on any atom is 0.309 e. The molecule has 0 amide bonds. The minimum Gasteiger partial charge on any atom is -0.465 e. The Hall–Kier alpha value is -0.530. The molecule has 0 N–H and O–H groups in total. The molecule has 2 aliphatic rings. The van der Waals surface area contributed by atoms with E-state index in [-0.39, 0.29) is 11.9 Å². The Labute approximate surface area is 79.7 Å². The summed E-state index contributed by atoms with van der Waals surface area (Å²) in [6.45, 7) is 5.29. The van der Waals surface area contributed by atoms with Crippen molar-refractivity contribution >= 4 is 5.97 Å². The molecular weight excluding hydrogens is 164 g/mol. The number of ether oxygens (including phenoxy) is 1. The van der Waals surface area contributed by atoms with Crippen LogP contribution in [0, 0.1) is 17.3 Å². The van der Waals surface area contributed by atoms with Gasteiger partial charge in [-0.25, -0.2) is 0 Å². The number of carbonyl (C=O) groups excluding carboxylic acids is 1. The van der Waals surface area contributed by atoms with Crippen LogP contribution in [0.3, 0.4) is 0 Å². The summed E-state index contributed by atoms with van der Waals surface area (Å²) in [4.78, 5) is 11.4. The lowest BCUT2D eigenvalue weighted by atomic mass is 9.84. The van der Waals surface area contributed by atoms with E-state index in [1.54, 1.807) is 0 Å². The highest BCUT2D eigenvalue weighted by atomic mass is 16.5. The fourth-order valence-electron chi connectivity index (χ4n) is 2.49. The largest absolute Gasteiger partial charge is 0.465 e. The highest BCUT2D eigenvalue weighted by molar-refractivity contribution is 5.74. The minimum absolute atomic E-state index is 0.0581. The molecule has 2 heteroatoms. The van der Waals surface area contributed by atoms with Crippen molar-refractivity contribution in [1.29, 1.82) is 0 Å². The average molecular weight is 182 g/mol. The van der Waals surface area contributed by atoms with E-state index in [9.17, 15) is 4.79 Å². The van der Waals surface area contributed by atoms with Crippen molar-refractivity contribution < 1.29 is 9.53 Å². The number of esters is 1. The Morgan fingerprint density at radius 3 is 2.77 bits per heavy atom. The highest BCUT2D eigenvalue weighted by Crippen LogP contribution is 2.41. The minimum atomic E-state index is 0.0581. The van der Waals surface area contributed by atoms with E-state index in [1.165, 1.54) is 19.3 Å². The molecule has 1 heterocycles. The fraction of sp³-hybridized carbons (Fsp3) is 0.909. The second kappa shape index (κ2) is 3.00. The molecular formula is C11H18O2. The van der Waals surface area contributed by atoms with E-state index >= 15 is 0 Å². The Kier molecular flexibility index (Phi) is 2.09. The highest BCUT2D eigenvalue weighted by Gasteiger charge is 2.40. The summed E-state index contributed by atoms with van der Waals surface area (Å²) in [7, 11) is 0. The van der Waals surface area contributed by atoms with Gasteiger partial charge in [0.1, 0.15) is 0 Å². The number of hydrogen-bond donors (Lipinski definition) is 0. The third-order valence-corrected chi connectivity index (χ3v) is 3.64. The molecule has 0 spiro atoms. The van der Waals surface area contributed by atoms with Crippen LogP contribution in [0.4, 0.5) is 0 Å². The lowest BCUT2D eigenvalue weighted by Gasteiger charge is -2.21. The molecule has 13 heavy (non-hydrogen) atoms. The first-order valence-corrected chi connectivity index (χ1v) is 5.25. The zero-order valence-corrected chi connectivity index (χ0v) is 8.51. The summed E-state index contributed by atoms with van der Waals surface area (Å²) < 4.78 is 5.08. The third kappa shape index (κ3) is 1.72. The molecule has 0 aromatic rings. The van der Waals surface area contributed by atoms with Gasteiger partial charge in [-0.15, -0.1) is 0 Å². The van der Waals surface area contributed by atoms with E-state index in [0.717, 1.165) is 6.42 Å². The summed E-state index contributed by atoms with van der Waals surface area (Å²) in [5.41, 5.74) is 0.435. The Morgan fingerprint density at radius 2 is 2.00 bits per heavy atom. The van der Waals surface area contributed by atoms with Gasteiger partial charge in [0.25, 0.3) is 0 Å². The predicted octanol–water partition coefficient (Wildman–Crippen LogP) is 2.38. The van der Waals surface area contributed by atoms with Crippen molar-refractivity contribution in [3.8, 4) is 0 Å². The SMILES string of the molecule is CC1(C)CCC2COC(=O)C2CC1. The smallest absolute Gasteiger partial charge is 0.309 e. The Balaban J connectivity index is 2.07. The van der Waals surface area contributed by atoms with E-state index in [2.05, 4.69) is 13.8 Å². The first-order chi connectivity index (χ1) is 6.08. The molecule has 2 rings (SSSR count). The van der Waals surface area contributed by atoms with Gasteiger partial charge >= 0.3 is 5.97 Å². The third-order valence-electron chi connectivity index (χ3n) is 3.64. The Morgan fingerprint density at radius 1 is 1.31 bits per heavy atom. The first kappa shape index (κ1) is 9.04. The lowest BCUT2D eigenvalue weighted by molar-refractivity contribution is -0.141. The predicted molar refractivity (Wildman–Crippen MR) is 50.2 cm³/mol. The van der Waals surface area contributed by atoms with Crippen molar-refractivity contribution in [2.24, 2.45) is 17.3 Å². The zero-order chi connectivity index (χ0) is 9.47. The summed E-state index contributed by atoms with van der Waals surface area (Å²) in [5, 5.41) is 0. The van der Waals surface area contributed by atoms with Gasteiger partial charge < -0.3 is 4.74 Å². The van der Waals surface area contributed by atoms with Gasteiger partial charge in [0, 0.05) is 5.92 Å². The monoisotopic (exact) mass is 182 g/mol. The molecule has 74 valence electrons. The van der Waals surface area contributed by atoms with Gasteiger partial charge in [0.05, 0.1) is 12.5 Å². The molecule has 2 unspecified atom stereocenters. The van der Waals surface area contributed by atoms with E-state index in [0.29, 0.717) is 17.9 Å². The maximum atomic E-state index is 11.4. The molecule has 1 aliphatic carbocycles. The summed E-state index contributed by atoms with van der Waals surface area (Å²) >= 11 is 0. The molecule has 1 saturated heterocycles. The van der Waals surface area contributed by atoms with Crippen molar-refractivity contribution in [2.75, 3.05) is 6.61 Å². The van der Waals surface area contributed by atoms with E-state index in [1.807, 2.05) is 0 Å². The standard InChI is InChI=1S/C11H18O2/c1-11(2)5-3-8-7-13-10(12)9(8)4-6-11/h8-9H,3-7H2,1-2H3. The van der Waals surface area contributed by atoms with Crippen LogP contribution in [0.15, 0.2) is 0 Å². The number of carbonyl (C=O) groups is 1. The van der Waals surface area contributed by atoms with Gasteiger partial charge in [-0.2, -0.15) is 0 Å². The lowest BCUT2D eigenvalue weighted by Crippen LogP contribution is -2.14.